The minimum Gasteiger partial charge on any atom is -0.395 e. The second-order valence-electron chi connectivity index (χ2n) is 4.97. The fourth-order valence-electron chi connectivity index (χ4n) is 2.28. The zero-order valence-electron chi connectivity index (χ0n) is 11.9. The number of aliphatic hydroxyl groups is 2. The topological polar surface area (TPSA) is 66.5 Å². The normalized spacial score (nSPS) is 13.1. The third kappa shape index (κ3) is 3.66. The Morgan fingerprint density at radius 3 is 1.76 bits per heavy atom. The number of hydrogen-bond donors (Lipinski definition) is 3. The van der Waals surface area contributed by atoms with Gasteiger partial charge in [0, 0.05) is 11.8 Å². The molecule has 0 aromatic heterocycles. The Balaban J connectivity index is 2.41. The molecule has 1 atom stereocenters. The van der Waals surface area contributed by atoms with E-state index >= 15 is 0 Å². The summed E-state index contributed by atoms with van der Waals surface area (Å²) < 4.78 is -0.560. The number of nitrogens with two attached hydrogens (primary N) is 1. The van der Waals surface area contributed by atoms with Gasteiger partial charge in [0.15, 0.2) is 0 Å². The van der Waals surface area contributed by atoms with Gasteiger partial charge in [0.2, 0.25) is 0 Å². The highest BCUT2D eigenvalue weighted by Crippen LogP contribution is 2.42. The van der Waals surface area contributed by atoms with Gasteiger partial charge < -0.3 is 15.9 Å². The molecule has 2 aromatic carbocycles. The van der Waals surface area contributed by atoms with Crippen LogP contribution in [0.2, 0.25) is 0 Å². The molecule has 2 aromatic rings. The molecule has 0 aliphatic carbocycles. The zero-order valence-corrected chi connectivity index (χ0v) is 12.7. The van der Waals surface area contributed by atoms with Crippen molar-refractivity contribution in [1.29, 1.82) is 0 Å². The van der Waals surface area contributed by atoms with Gasteiger partial charge in [-0.25, -0.2) is 0 Å². The van der Waals surface area contributed by atoms with Crippen molar-refractivity contribution in [2.45, 2.75) is 10.8 Å². The van der Waals surface area contributed by atoms with Crippen LogP contribution < -0.4 is 5.73 Å². The van der Waals surface area contributed by atoms with E-state index < -0.39 is 4.75 Å². The third-order valence-corrected chi connectivity index (χ3v) is 5.17. The Hall–Kier alpha value is -1.33. The van der Waals surface area contributed by atoms with Crippen molar-refractivity contribution in [2.24, 2.45) is 5.73 Å². The van der Waals surface area contributed by atoms with Crippen LogP contribution in [0.3, 0.4) is 0 Å². The Bertz CT molecular complexity index is 494. The molecule has 0 amide bonds. The van der Waals surface area contributed by atoms with E-state index in [0.29, 0.717) is 5.75 Å². The van der Waals surface area contributed by atoms with E-state index in [2.05, 4.69) is 0 Å². The monoisotopic (exact) mass is 303 g/mol. The molecule has 0 heterocycles. The summed E-state index contributed by atoms with van der Waals surface area (Å²) in [7, 11) is 0. The minimum absolute atomic E-state index is 0.0240. The van der Waals surface area contributed by atoms with Crippen LogP contribution in [0.4, 0.5) is 0 Å². The summed E-state index contributed by atoms with van der Waals surface area (Å²) in [4.78, 5) is 0. The molecule has 21 heavy (non-hydrogen) atoms. The Morgan fingerprint density at radius 1 is 0.905 bits per heavy atom. The molecular formula is C17H21NO2S. The van der Waals surface area contributed by atoms with Crippen molar-refractivity contribution in [3.63, 3.8) is 0 Å². The average molecular weight is 303 g/mol. The molecule has 0 bridgehead atoms. The molecule has 4 N–H and O–H groups in total. The first-order valence-electron chi connectivity index (χ1n) is 6.95. The second kappa shape index (κ2) is 7.61. The van der Waals surface area contributed by atoms with E-state index in [-0.39, 0.29) is 19.3 Å². The van der Waals surface area contributed by atoms with E-state index in [0.717, 1.165) is 11.1 Å². The first kappa shape index (κ1) is 16.0. The zero-order chi connectivity index (χ0) is 15.1. The molecule has 0 unspecified atom stereocenters. The van der Waals surface area contributed by atoms with Gasteiger partial charge in [-0.15, -0.1) is 11.8 Å². The first-order chi connectivity index (χ1) is 10.2. The first-order valence-corrected chi connectivity index (χ1v) is 7.94. The summed E-state index contributed by atoms with van der Waals surface area (Å²) in [5.74, 6) is 0.570. The molecule has 0 spiro atoms. The van der Waals surface area contributed by atoms with E-state index in [9.17, 15) is 5.11 Å². The molecule has 112 valence electrons. The van der Waals surface area contributed by atoms with Crippen LogP contribution in [0.1, 0.15) is 11.1 Å². The molecule has 3 nitrogen and oxygen atoms in total. The van der Waals surface area contributed by atoms with Crippen molar-refractivity contribution < 1.29 is 10.2 Å². The molecule has 0 saturated heterocycles. The van der Waals surface area contributed by atoms with Gasteiger partial charge in [-0.3, -0.25) is 0 Å². The van der Waals surface area contributed by atoms with Gasteiger partial charge in [-0.1, -0.05) is 60.7 Å². The lowest BCUT2D eigenvalue weighted by atomic mass is 9.91. The fraction of sp³-hybridized carbons (Fsp3) is 0.294. The van der Waals surface area contributed by atoms with Crippen molar-refractivity contribution in [3.05, 3.63) is 71.8 Å². The van der Waals surface area contributed by atoms with Crippen LogP contribution in [0.25, 0.3) is 0 Å². The van der Waals surface area contributed by atoms with Crippen molar-refractivity contribution >= 4 is 11.8 Å². The molecule has 0 radical (unpaired) electrons. The second-order valence-corrected chi connectivity index (χ2v) is 6.29. The highest BCUT2D eigenvalue weighted by atomic mass is 32.2. The Labute approximate surface area is 129 Å². The highest BCUT2D eigenvalue weighted by molar-refractivity contribution is 8.00. The van der Waals surface area contributed by atoms with Crippen LogP contribution >= 0.6 is 11.8 Å². The van der Waals surface area contributed by atoms with Crippen LogP contribution in [-0.4, -0.2) is 35.2 Å². The quantitative estimate of drug-likeness (QED) is 0.732. The van der Waals surface area contributed by atoms with Crippen LogP contribution in [-0.2, 0) is 4.75 Å². The van der Waals surface area contributed by atoms with Crippen LogP contribution in [0.5, 0.6) is 0 Å². The molecule has 4 heteroatoms. The maximum atomic E-state index is 10.1. The average Bonchev–Trinajstić information content (AvgIpc) is 2.57. The smallest absolute Gasteiger partial charge is 0.0888 e. The largest absolute Gasteiger partial charge is 0.395 e. The molecule has 0 aliphatic rings. The molecule has 0 saturated carbocycles. The van der Waals surface area contributed by atoms with Gasteiger partial charge in [0.25, 0.3) is 0 Å². The maximum absolute atomic E-state index is 10.1. The lowest BCUT2D eigenvalue weighted by Crippen LogP contribution is -2.34. The molecule has 2 rings (SSSR count). The number of hydrogen-bond acceptors (Lipinski definition) is 4. The Morgan fingerprint density at radius 2 is 1.38 bits per heavy atom. The van der Waals surface area contributed by atoms with Crippen LogP contribution in [0, 0.1) is 0 Å². The predicted molar refractivity (Wildman–Crippen MR) is 88.3 cm³/mol. The standard InChI is InChI=1S/C17H21NO2S/c18-16(11-19)12-21-17(13-20,14-7-3-1-4-8-14)15-9-5-2-6-10-15/h1-10,16,19-20H,11-13,18H2/t16-/m1/s1. The molecule has 0 aliphatic heterocycles. The van der Waals surface area contributed by atoms with E-state index in [4.69, 9.17) is 10.8 Å². The molecule has 0 fully saturated rings. The van der Waals surface area contributed by atoms with Gasteiger partial charge in [-0.05, 0) is 11.1 Å². The lowest BCUT2D eigenvalue weighted by Gasteiger charge is -2.33. The summed E-state index contributed by atoms with van der Waals surface area (Å²) in [5, 5.41) is 19.3. The van der Waals surface area contributed by atoms with E-state index in [1.54, 1.807) is 11.8 Å². The van der Waals surface area contributed by atoms with E-state index in [1.165, 1.54) is 0 Å². The van der Waals surface area contributed by atoms with Gasteiger partial charge in [0.05, 0.1) is 18.0 Å². The number of thioether (sulfide) groups is 1. The fourth-order valence-corrected chi connectivity index (χ4v) is 3.58. The summed E-state index contributed by atoms with van der Waals surface area (Å²) in [5.41, 5.74) is 7.91. The van der Waals surface area contributed by atoms with Crippen molar-refractivity contribution in [1.82, 2.24) is 0 Å². The van der Waals surface area contributed by atoms with Gasteiger partial charge in [0.1, 0.15) is 0 Å². The summed E-state index contributed by atoms with van der Waals surface area (Å²) >= 11 is 1.57. The van der Waals surface area contributed by atoms with Crippen molar-refractivity contribution in [2.75, 3.05) is 19.0 Å². The van der Waals surface area contributed by atoms with Crippen LogP contribution in [0.15, 0.2) is 60.7 Å². The molecular weight excluding hydrogens is 282 g/mol. The summed E-state index contributed by atoms with van der Waals surface area (Å²) in [6, 6.07) is 19.5. The Kier molecular flexibility index (Phi) is 5.82. The number of benzene rings is 2. The van der Waals surface area contributed by atoms with Gasteiger partial charge >= 0.3 is 0 Å². The van der Waals surface area contributed by atoms with Crippen molar-refractivity contribution in [3.8, 4) is 0 Å². The SMILES string of the molecule is N[C@H](CO)CSC(CO)(c1ccccc1)c1ccccc1. The number of aliphatic hydroxyl groups excluding tert-OH is 2. The maximum Gasteiger partial charge on any atom is 0.0888 e. The summed E-state index contributed by atoms with van der Waals surface area (Å²) in [6.45, 7) is -0.0814. The highest BCUT2D eigenvalue weighted by Gasteiger charge is 2.34. The van der Waals surface area contributed by atoms with E-state index in [1.807, 2.05) is 60.7 Å². The number of rotatable bonds is 7. The van der Waals surface area contributed by atoms with Gasteiger partial charge in [-0.2, -0.15) is 0 Å². The summed E-state index contributed by atoms with van der Waals surface area (Å²) in [6.07, 6.45) is 0. The predicted octanol–water partition coefficient (Wildman–Crippen LogP) is 1.98. The minimum atomic E-state index is -0.560. The lowest BCUT2D eigenvalue weighted by molar-refractivity contribution is 0.264. The third-order valence-electron chi connectivity index (χ3n) is 3.48.